The van der Waals surface area contributed by atoms with E-state index < -0.39 is 0 Å². The summed E-state index contributed by atoms with van der Waals surface area (Å²) in [6.45, 7) is 3.66. The molecular weight excluding hydrogens is 152 g/mol. The van der Waals surface area contributed by atoms with Crippen LogP contribution in [-0.2, 0) is 0 Å². The minimum atomic E-state index is 0.0920. The maximum absolute atomic E-state index is 9.45. The number of rotatable bonds is 1. The number of hydrogen-bond acceptors (Lipinski definition) is 3. The summed E-state index contributed by atoms with van der Waals surface area (Å²) >= 11 is 0. The van der Waals surface area contributed by atoms with Gasteiger partial charge in [-0.2, -0.15) is 0 Å². The highest BCUT2D eigenvalue weighted by Crippen LogP contribution is 2.39. The molecule has 2 atom stereocenters. The average Bonchev–Trinajstić information content (AvgIpc) is 2.50. The summed E-state index contributed by atoms with van der Waals surface area (Å²) in [5.41, 5.74) is 0.0920. The van der Waals surface area contributed by atoms with Crippen molar-refractivity contribution >= 4 is 0 Å². The zero-order valence-corrected chi connectivity index (χ0v) is 7.95. The van der Waals surface area contributed by atoms with E-state index in [1.807, 2.05) is 0 Å². The van der Waals surface area contributed by atoms with Crippen molar-refractivity contribution in [3.63, 3.8) is 0 Å². The molecule has 0 saturated carbocycles. The smallest absolute Gasteiger partial charge is 0.0631 e. The Bertz CT molecular complexity index is 185. The van der Waals surface area contributed by atoms with E-state index in [4.69, 9.17) is 0 Å². The highest BCUT2D eigenvalue weighted by Gasteiger charge is 2.51. The van der Waals surface area contributed by atoms with Gasteiger partial charge in [-0.15, -0.1) is 0 Å². The Hall–Kier alpha value is -0.120. The van der Waals surface area contributed by atoms with E-state index >= 15 is 0 Å². The predicted octanol–water partition coefficient (Wildman–Crippen LogP) is -0.385. The number of aliphatic hydroxyl groups is 1. The van der Waals surface area contributed by atoms with Crippen molar-refractivity contribution in [1.29, 1.82) is 0 Å². The molecule has 2 aliphatic rings. The lowest BCUT2D eigenvalue weighted by Crippen LogP contribution is -2.50. The molecule has 0 aromatic heterocycles. The Morgan fingerprint density at radius 3 is 2.83 bits per heavy atom. The third kappa shape index (κ3) is 0.934. The predicted molar refractivity (Wildman–Crippen MR) is 48.1 cm³/mol. The number of nitrogens with zero attached hydrogens (tertiary/aromatic N) is 2. The van der Waals surface area contributed by atoms with Gasteiger partial charge < -0.3 is 10.0 Å². The van der Waals surface area contributed by atoms with Gasteiger partial charge in [0.2, 0.25) is 0 Å². The maximum atomic E-state index is 9.45. The Kier molecular flexibility index (Phi) is 1.90. The lowest BCUT2D eigenvalue weighted by atomic mass is 9.89. The van der Waals surface area contributed by atoms with Gasteiger partial charge in [0.1, 0.15) is 0 Å². The van der Waals surface area contributed by atoms with Crippen LogP contribution in [0.4, 0.5) is 0 Å². The van der Waals surface area contributed by atoms with Crippen LogP contribution >= 0.6 is 0 Å². The van der Waals surface area contributed by atoms with Gasteiger partial charge in [0.15, 0.2) is 0 Å². The van der Waals surface area contributed by atoms with E-state index in [-0.39, 0.29) is 5.54 Å². The fourth-order valence-corrected chi connectivity index (χ4v) is 2.87. The number of aliphatic hydroxyl groups excluding tert-OH is 1. The van der Waals surface area contributed by atoms with Gasteiger partial charge in [0.05, 0.1) is 12.1 Å². The second-order valence-electron chi connectivity index (χ2n) is 4.37. The fraction of sp³-hybridized carbons (Fsp3) is 1.00. The van der Waals surface area contributed by atoms with Crippen molar-refractivity contribution in [3.8, 4) is 0 Å². The van der Waals surface area contributed by atoms with Crippen LogP contribution in [0, 0.1) is 5.92 Å². The minimum absolute atomic E-state index is 0.0920. The molecule has 2 aliphatic heterocycles. The van der Waals surface area contributed by atoms with Crippen LogP contribution in [0.5, 0.6) is 0 Å². The summed E-state index contributed by atoms with van der Waals surface area (Å²) < 4.78 is 0. The molecule has 0 aliphatic carbocycles. The number of likely N-dealkylation sites (N-methyl/N-ethyl adjacent to an activating group) is 2. The molecular formula is C9H18N2O. The van der Waals surface area contributed by atoms with Crippen LogP contribution in [-0.4, -0.2) is 60.8 Å². The third-order valence-electron chi connectivity index (χ3n) is 3.68. The number of likely N-dealkylation sites (tertiary alicyclic amines) is 2. The molecule has 2 fully saturated rings. The van der Waals surface area contributed by atoms with Crippen LogP contribution in [0.25, 0.3) is 0 Å². The van der Waals surface area contributed by atoms with Crippen LogP contribution < -0.4 is 0 Å². The monoisotopic (exact) mass is 170 g/mol. The Morgan fingerprint density at radius 1 is 1.50 bits per heavy atom. The van der Waals surface area contributed by atoms with E-state index in [9.17, 15) is 5.11 Å². The van der Waals surface area contributed by atoms with Crippen LogP contribution in [0.3, 0.4) is 0 Å². The average molecular weight is 170 g/mol. The normalized spacial score (nSPS) is 43.8. The molecule has 3 nitrogen and oxygen atoms in total. The quantitative estimate of drug-likeness (QED) is 0.581. The minimum Gasteiger partial charge on any atom is -0.394 e. The first-order valence-corrected chi connectivity index (χ1v) is 4.70. The molecule has 3 heteroatoms. The van der Waals surface area contributed by atoms with Gasteiger partial charge in [-0.1, -0.05) is 0 Å². The molecule has 0 spiro atoms. The van der Waals surface area contributed by atoms with E-state index in [0.29, 0.717) is 12.5 Å². The van der Waals surface area contributed by atoms with E-state index in [1.165, 1.54) is 6.42 Å². The van der Waals surface area contributed by atoms with Crippen LogP contribution in [0.2, 0.25) is 0 Å². The van der Waals surface area contributed by atoms with E-state index in [1.54, 1.807) is 0 Å². The Labute approximate surface area is 74.0 Å². The largest absolute Gasteiger partial charge is 0.394 e. The van der Waals surface area contributed by atoms with Crippen molar-refractivity contribution in [1.82, 2.24) is 9.80 Å². The SMILES string of the molecule is CN1C[C@H]2CCN(C)[C@@]2(CO)C1. The molecule has 0 amide bonds. The molecule has 70 valence electrons. The summed E-state index contributed by atoms with van der Waals surface area (Å²) in [4.78, 5) is 4.66. The second-order valence-corrected chi connectivity index (χ2v) is 4.37. The van der Waals surface area contributed by atoms with Crippen LogP contribution in [0.15, 0.2) is 0 Å². The summed E-state index contributed by atoms with van der Waals surface area (Å²) in [6.07, 6.45) is 1.25. The van der Waals surface area contributed by atoms with Crippen molar-refractivity contribution in [2.75, 3.05) is 40.3 Å². The zero-order chi connectivity index (χ0) is 8.77. The highest BCUT2D eigenvalue weighted by molar-refractivity contribution is 5.07. The summed E-state index contributed by atoms with van der Waals surface area (Å²) in [6, 6.07) is 0. The summed E-state index contributed by atoms with van der Waals surface area (Å²) in [5.74, 6) is 0.692. The molecule has 2 heterocycles. The van der Waals surface area contributed by atoms with Gasteiger partial charge in [-0.05, 0) is 33.0 Å². The van der Waals surface area contributed by atoms with Gasteiger partial charge >= 0.3 is 0 Å². The van der Waals surface area contributed by atoms with Crippen molar-refractivity contribution in [3.05, 3.63) is 0 Å². The molecule has 0 radical (unpaired) electrons. The highest BCUT2D eigenvalue weighted by atomic mass is 16.3. The molecule has 0 bridgehead atoms. The fourth-order valence-electron chi connectivity index (χ4n) is 2.87. The first-order valence-electron chi connectivity index (χ1n) is 4.70. The molecule has 1 N–H and O–H groups in total. The molecule has 2 saturated heterocycles. The van der Waals surface area contributed by atoms with Gasteiger partial charge in [0, 0.05) is 13.1 Å². The summed E-state index contributed by atoms with van der Waals surface area (Å²) in [7, 11) is 4.28. The number of hydrogen-bond donors (Lipinski definition) is 1. The standard InChI is InChI=1S/C9H18N2O/c1-10-5-8-3-4-11(2)9(8,6-10)7-12/h8,12H,3-7H2,1-2H3/t8-,9-/m1/s1. The Balaban J connectivity index is 2.22. The lowest BCUT2D eigenvalue weighted by Gasteiger charge is -2.33. The van der Waals surface area contributed by atoms with E-state index in [0.717, 1.165) is 19.6 Å². The van der Waals surface area contributed by atoms with E-state index in [2.05, 4.69) is 23.9 Å². The molecule has 0 aromatic carbocycles. The lowest BCUT2D eigenvalue weighted by molar-refractivity contribution is 0.0729. The van der Waals surface area contributed by atoms with Gasteiger partial charge in [-0.25, -0.2) is 0 Å². The molecule has 0 aromatic rings. The van der Waals surface area contributed by atoms with Gasteiger partial charge in [0.25, 0.3) is 0 Å². The number of fused-ring (bicyclic) bond motifs is 1. The van der Waals surface area contributed by atoms with Crippen molar-refractivity contribution in [2.45, 2.75) is 12.0 Å². The van der Waals surface area contributed by atoms with Crippen molar-refractivity contribution < 1.29 is 5.11 Å². The van der Waals surface area contributed by atoms with Crippen LogP contribution in [0.1, 0.15) is 6.42 Å². The zero-order valence-electron chi connectivity index (χ0n) is 7.95. The first-order chi connectivity index (χ1) is 5.69. The molecule has 0 unspecified atom stereocenters. The second kappa shape index (κ2) is 2.69. The molecule has 12 heavy (non-hydrogen) atoms. The third-order valence-corrected chi connectivity index (χ3v) is 3.68. The first kappa shape index (κ1) is 8.48. The van der Waals surface area contributed by atoms with Crippen molar-refractivity contribution in [2.24, 2.45) is 5.92 Å². The maximum Gasteiger partial charge on any atom is 0.0631 e. The molecule has 2 rings (SSSR count). The van der Waals surface area contributed by atoms with Gasteiger partial charge in [-0.3, -0.25) is 4.90 Å². The summed E-state index contributed by atoms with van der Waals surface area (Å²) in [5, 5.41) is 9.45. The topological polar surface area (TPSA) is 26.7 Å². The Morgan fingerprint density at radius 2 is 2.25 bits per heavy atom.